The number of nitrogen functional groups attached to an aromatic ring is 1. The second-order valence-corrected chi connectivity index (χ2v) is 6.39. The van der Waals surface area contributed by atoms with E-state index in [1.165, 1.54) is 0 Å². The number of nitrogens with zero attached hydrogens (tertiary/aromatic N) is 2. The van der Waals surface area contributed by atoms with E-state index >= 15 is 0 Å². The molecular formula is C10H16N4O2S. The van der Waals surface area contributed by atoms with Gasteiger partial charge in [-0.05, 0) is 6.07 Å². The number of hydrogen-bond acceptors (Lipinski definition) is 6. The van der Waals surface area contributed by atoms with Crippen molar-refractivity contribution in [3.8, 4) is 0 Å². The van der Waals surface area contributed by atoms with Gasteiger partial charge in [-0.25, -0.2) is 19.2 Å². The van der Waals surface area contributed by atoms with Crippen molar-refractivity contribution in [2.24, 2.45) is 5.84 Å². The number of anilines is 1. The molecular weight excluding hydrogens is 240 g/mol. The summed E-state index contributed by atoms with van der Waals surface area (Å²) in [4.78, 5) is 6.21. The molecule has 6 nitrogen and oxygen atoms in total. The highest BCUT2D eigenvalue weighted by atomic mass is 32.2. The van der Waals surface area contributed by atoms with Gasteiger partial charge >= 0.3 is 0 Å². The molecule has 0 spiro atoms. The summed E-state index contributed by atoms with van der Waals surface area (Å²) in [5.74, 6) is 6.48. The fourth-order valence-electron chi connectivity index (χ4n) is 1.85. The van der Waals surface area contributed by atoms with Crippen molar-refractivity contribution in [1.29, 1.82) is 0 Å². The van der Waals surface area contributed by atoms with E-state index in [4.69, 9.17) is 5.84 Å². The maximum absolute atomic E-state index is 11.3. The van der Waals surface area contributed by atoms with E-state index in [1.807, 2.05) is 12.1 Å². The van der Waals surface area contributed by atoms with Crippen LogP contribution >= 0.6 is 0 Å². The first kappa shape index (κ1) is 12.3. The lowest BCUT2D eigenvalue weighted by molar-refractivity contribution is 0.288. The van der Waals surface area contributed by atoms with E-state index in [0.29, 0.717) is 25.5 Å². The molecule has 1 aliphatic rings. The Morgan fingerprint density at radius 2 is 2.12 bits per heavy atom. The molecule has 1 aromatic rings. The van der Waals surface area contributed by atoms with Crippen molar-refractivity contribution in [3.05, 3.63) is 23.9 Å². The average molecular weight is 256 g/mol. The summed E-state index contributed by atoms with van der Waals surface area (Å²) in [7, 11) is -2.82. The Balaban J connectivity index is 2.02. The van der Waals surface area contributed by atoms with E-state index in [2.05, 4.69) is 15.3 Å². The first-order valence-corrected chi connectivity index (χ1v) is 7.26. The van der Waals surface area contributed by atoms with Crippen LogP contribution in [0.3, 0.4) is 0 Å². The van der Waals surface area contributed by atoms with Crippen LogP contribution in [0.5, 0.6) is 0 Å². The lowest BCUT2D eigenvalue weighted by Gasteiger charge is -2.26. The first-order chi connectivity index (χ1) is 8.11. The number of hydrazine groups is 1. The van der Waals surface area contributed by atoms with Crippen molar-refractivity contribution in [1.82, 2.24) is 9.88 Å². The monoisotopic (exact) mass is 256 g/mol. The van der Waals surface area contributed by atoms with E-state index in [0.717, 1.165) is 5.56 Å². The lowest BCUT2D eigenvalue weighted by atomic mass is 10.2. The highest BCUT2D eigenvalue weighted by molar-refractivity contribution is 7.91. The number of hydrogen-bond donors (Lipinski definition) is 2. The molecule has 0 unspecified atom stereocenters. The number of nitrogens with one attached hydrogen (secondary N) is 1. The number of sulfone groups is 1. The van der Waals surface area contributed by atoms with Gasteiger partial charge in [-0.15, -0.1) is 0 Å². The molecule has 0 aromatic carbocycles. The Bertz CT molecular complexity index is 475. The Morgan fingerprint density at radius 3 is 2.76 bits per heavy atom. The predicted molar refractivity (Wildman–Crippen MR) is 66.0 cm³/mol. The van der Waals surface area contributed by atoms with Gasteiger partial charge in [-0.1, -0.05) is 6.07 Å². The van der Waals surface area contributed by atoms with Crippen LogP contribution < -0.4 is 11.3 Å². The molecule has 7 heteroatoms. The topological polar surface area (TPSA) is 88.3 Å². The van der Waals surface area contributed by atoms with Crippen LogP contribution in [0.15, 0.2) is 18.3 Å². The summed E-state index contributed by atoms with van der Waals surface area (Å²) in [5, 5.41) is 0. The molecule has 2 heterocycles. The summed E-state index contributed by atoms with van der Waals surface area (Å²) >= 11 is 0. The maximum Gasteiger partial charge on any atom is 0.152 e. The highest BCUT2D eigenvalue weighted by Gasteiger charge is 2.22. The van der Waals surface area contributed by atoms with Crippen LogP contribution in [0, 0.1) is 0 Å². The van der Waals surface area contributed by atoms with Gasteiger partial charge in [0.2, 0.25) is 0 Å². The van der Waals surface area contributed by atoms with Crippen LogP contribution in [0.1, 0.15) is 5.56 Å². The van der Waals surface area contributed by atoms with Crippen molar-refractivity contribution in [2.45, 2.75) is 6.54 Å². The van der Waals surface area contributed by atoms with E-state index in [1.54, 1.807) is 6.20 Å². The second-order valence-electron chi connectivity index (χ2n) is 4.08. The van der Waals surface area contributed by atoms with Gasteiger partial charge in [0.1, 0.15) is 5.82 Å². The van der Waals surface area contributed by atoms with Gasteiger partial charge in [0.15, 0.2) is 9.84 Å². The van der Waals surface area contributed by atoms with Gasteiger partial charge in [-0.2, -0.15) is 0 Å². The van der Waals surface area contributed by atoms with Gasteiger partial charge in [0.25, 0.3) is 0 Å². The number of aromatic nitrogens is 1. The van der Waals surface area contributed by atoms with Crippen molar-refractivity contribution in [2.75, 3.05) is 30.0 Å². The fourth-order valence-corrected chi connectivity index (χ4v) is 3.12. The fraction of sp³-hybridized carbons (Fsp3) is 0.500. The Morgan fingerprint density at radius 1 is 1.41 bits per heavy atom. The molecule has 1 fully saturated rings. The zero-order valence-electron chi connectivity index (χ0n) is 9.46. The first-order valence-electron chi connectivity index (χ1n) is 5.44. The van der Waals surface area contributed by atoms with E-state index in [9.17, 15) is 8.42 Å². The molecule has 17 heavy (non-hydrogen) atoms. The van der Waals surface area contributed by atoms with Gasteiger partial charge in [0, 0.05) is 31.4 Å². The molecule has 0 amide bonds. The summed E-state index contributed by atoms with van der Waals surface area (Å²) in [6, 6.07) is 3.78. The van der Waals surface area contributed by atoms with Crippen LogP contribution in [0.2, 0.25) is 0 Å². The minimum atomic E-state index is -2.82. The maximum atomic E-state index is 11.3. The molecule has 0 bridgehead atoms. The van der Waals surface area contributed by atoms with Crippen LogP contribution in [0.25, 0.3) is 0 Å². The number of rotatable bonds is 3. The standard InChI is InChI=1S/C10H16N4O2S/c11-13-10-9(2-1-3-12-10)8-14-4-6-17(15,16)7-5-14/h1-3H,4-8,11H2,(H,12,13). The lowest BCUT2D eigenvalue weighted by Crippen LogP contribution is -2.39. The van der Waals surface area contributed by atoms with E-state index in [-0.39, 0.29) is 11.5 Å². The number of nitrogens with two attached hydrogens (primary N) is 1. The molecule has 1 aliphatic heterocycles. The Kier molecular flexibility index (Phi) is 3.60. The molecule has 1 aromatic heterocycles. The molecule has 2 rings (SSSR count). The third-order valence-electron chi connectivity index (χ3n) is 2.86. The molecule has 94 valence electrons. The van der Waals surface area contributed by atoms with Crippen molar-refractivity contribution < 1.29 is 8.42 Å². The normalized spacial score (nSPS) is 20.1. The van der Waals surface area contributed by atoms with Gasteiger partial charge < -0.3 is 5.43 Å². The molecule has 0 saturated carbocycles. The Hall–Kier alpha value is -1.18. The van der Waals surface area contributed by atoms with Crippen LogP contribution in [-0.4, -0.2) is 42.9 Å². The zero-order chi connectivity index (χ0) is 12.3. The minimum Gasteiger partial charge on any atom is -0.308 e. The average Bonchev–Trinajstić information content (AvgIpc) is 2.32. The predicted octanol–water partition coefficient (Wildman–Crippen LogP) is -0.402. The molecule has 3 N–H and O–H groups in total. The highest BCUT2D eigenvalue weighted by Crippen LogP contribution is 2.14. The minimum absolute atomic E-state index is 0.235. The molecule has 0 atom stereocenters. The van der Waals surface area contributed by atoms with Crippen molar-refractivity contribution in [3.63, 3.8) is 0 Å². The second kappa shape index (κ2) is 4.99. The summed E-state index contributed by atoms with van der Waals surface area (Å²) < 4.78 is 22.6. The quantitative estimate of drug-likeness (QED) is 0.565. The number of pyridine rings is 1. The third-order valence-corrected chi connectivity index (χ3v) is 4.47. The van der Waals surface area contributed by atoms with Gasteiger partial charge in [0.05, 0.1) is 11.5 Å². The molecule has 0 radical (unpaired) electrons. The summed E-state index contributed by atoms with van der Waals surface area (Å²) in [6.07, 6.45) is 1.67. The van der Waals surface area contributed by atoms with Crippen LogP contribution in [0.4, 0.5) is 5.82 Å². The SMILES string of the molecule is NNc1ncccc1CN1CCS(=O)(=O)CC1. The molecule has 1 saturated heterocycles. The van der Waals surface area contributed by atoms with Crippen LogP contribution in [-0.2, 0) is 16.4 Å². The van der Waals surface area contributed by atoms with Gasteiger partial charge in [-0.3, -0.25) is 4.90 Å². The third kappa shape index (κ3) is 3.15. The molecule has 0 aliphatic carbocycles. The van der Waals surface area contributed by atoms with E-state index < -0.39 is 9.84 Å². The van der Waals surface area contributed by atoms with Crippen molar-refractivity contribution >= 4 is 15.7 Å². The largest absolute Gasteiger partial charge is 0.308 e. The smallest absolute Gasteiger partial charge is 0.152 e. The summed E-state index contributed by atoms with van der Waals surface area (Å²) in [6.45, 7) is 1.81. The summed E-state index contributed by atoms with van der Waals surface area (Å²) in [5.41, 5.74) is 3.53. The Labute approximate surface area is 101 Å². The zero-order valence-corrected chi connectivity index (χ0v) is 10.3.